The van der Waals surface area contributed by atoms with Crippen LogP contribution in [0.1, 0.15) is 36.5 Å². The molecule has 5 heteroatoms. The predicted octanol–water partition coefficient (Wildman–Crippen LogP) is 4.42. The van der Waals surface area contributed by atoms with E-state index in [1.54, 1.807) is 12.1 Å². The van der Waals surface area contributed by atoms with E-state index in [2.05, 4.69) is 5.32 Å². The number of amides is 1. The van der Waals surface area contributed by atoms with Crippen molar-refractivity contribution in [2.45, 2.75) is 33.6 Å². The molecule has 2 N–H and O–H groups in total. The van der Waals surface area contributed by atoms with Gasteiger partial charge >= 0.3 is 0 Å². The predicted molar refractivity (Wildman–Crippen MR) is 105 cm³/mol. The van der Waals surface area contributed by atoms with Crippen LogP contribution in [-0.4, -0.2) is 36.6 Å². The third-order valence-electron chi connectivity index (χ3n) is 4.04. The van der Waals surface area contributed by atoms with Crippen molar-refractivity contribution in [1.82, 2.24) is 4.90 Å². The van der Waals surface area contributed by atoms with Crippen LogP contribution in [0.5, 0.6) is 17.2 Å². The van der Waals surface area contributed by atoms with Crippen molar-refractivity contribution in [2.24, 2.45) is 0 Å². The molecule has 0 radical (unpaired) electrons. The lowest BCUT2D eigenvalue weighted by Crippen LogP contribution is -2.27. The number of rotatable bonds is 6. The lowest BCUT2D eigenvalue weighted by molar-refractivity contribution is -0.116. The second-order valence-corrected chi connectivity index (χ2v) is 7.20. The first-order valence-corrected chi connectivity index (χ1v) is 8.74. The number of carbonyl (C=O) groups is 1. The summed E-state index contributed by atoms with van der Waals surface area (Å²) >= 11 is 0. The molecule has 0 saturated heterocycles. The molecule has 1 amide bonds. The third-order valence-corrected chi connectivity index (χ3v) is 4.04. The molecule has 140 valence electrons. The minimum absolute atomic E-state index is 0.0532. The van der Waals surface area contributed by atoms with Crippen molar-refractivity contribution in [3.05, 3.63) is 47.0 Å². The maximum atomic E-state index is 11.9. The van der Waals surface area contributed by atoms with Crippen molar-refractivity contribution in [2.75, 3.05) is 26.0 Å². The highest BCUT2D eigenvalue weighted by Crippen LogP contribution is 2.35. The number of ether oxygens (including phenoxy) is 1. The summed E-state index contributed by atoms with van der Waals surface area (Å²) in [7, 11) is 3.71. The third kappa shape index (κ3) is 4.99. The van der Waals surface area contributed by atoms with E-state index in [9.17, 15) is 9.90 Å². The van der Waals surface area contributed by atoms with E-state index >= 15 is 0 Å². The van der Waals surface area contributed by atoms with Crippen LogP contribution in [-0.2, 0) is 4.79 Å². The average Bonchev–Trinajstić information content (AvgIpc) is 2.51. The van der Waals surface area contributed by atoms with Crippen molar-refractivity contribution in [3.63, 3.8) is 0 Å². The van der Waals surface area contributed by atoms with Gasteiger partial charge in [0.05, 0.1) is 6.54 Å². The first kappa shape index (κ1) is 19.8. The van der Waals surface area contributed by atoms with Crippen LogP contribution in [0.4, 0.5) is 5.69 Å². The number of aryl methyl sites for hydroxylation is 2. The van der Waals surface area contributed by atoms with E-state index in [0.717, 1.165) is 28.1 Å². The Kier molecular flexibility index (Phi) is 6.27. The fourth-order valence-corrected chi connectivity index (χ4v) is 2.85. The van der Waals surface area contributed by atoms with Crippen LogP contribution in [0.25, 0.3) is 0 Å². The van der Waals surface area contributed by atoms with Gasteiger partial charge in [0.2, 0.25) is 5.91 Å². The summed E-state index contributed by atoms with van der Waals surface area (Å²) in [5.41, 5.74) is 3.48. The number of anilines is 1. The summed E-state index contributed by atoms with van der Waals surface area (Å²) in [6, 6.07) is 9.09. The van der Waals surface area contributed by atoms with Crippen LogP contribution >= 0.6 is 0 Å². The summed E-state index contributed by atoms with van der Waals surface area (Å²) < 4.78 is 6.08. The summed E-state index contributed by atoms with van der Waals surface area (Å²) in [4.78, 5) is 13.8. The van der Waals surface area contributed by atoms with Gasteiger partial charge in [0, 0.05) is 11.3 Å². The van der Waals surface area contributed by atoms with E-state index < -0.39 is 0 Å². The van der Waals surface area contributed by atoms with Crippen LogP contribution in [0.3, 0.4) is 0 Å². The zero-order valence-corrected chi connectivity index (χ0v) is 16.4. The van der Waals surface area contributed by atoms with Crippen LogP contribution < -0.4 is 10.1 Å². The summed E-state index contributed by atoms with van der Waals surface area (Å²) in [5.74, 6) is 1.87. The molecular weight excluding hydrogens is 328 g/mol. The van der Waals surface area contributed by atoms with E-state index in [1.807, 2.05) is 64.9 Å². The lowest BCUT2D eigenvalue weighted by atomic mass is 10.0. The Balaban J connectivity index is 2.23. The summed E-state index contributed by atoms with van der Waals surface area (Å²) in [5, 5.41) is 12.9. The topological polar surface area (TPSA) is 61.8 Å². The standard InChI is InChI=1S/C21H28N2O3/c1-13(2)18-11-17(7-8-19(18)24)26-21-14(3)9-16(10-15(21)4)22-20(25)12-23(5)6/h7-11,13,24H,12H2,1-6H3,(H,22,25). The zero-order chi connectivity index (χ0) is 19.4. The van der Waals surface area contributed by atoms with Gasteiger partial charge in [-0.05, 0) is 75.3 Å². The van der Waals surface area contributed by atoms with Crippen molar-refractivity contribution < 1.29 is 14.6 Å². The second-order valence-electron chi connectivity index (χ2n) is 7.20. The van der Waals surface area contributed by atoms with E-state index in [0.29, 0.717) is 12.3 Å². The number of phenolic OH excluding ortho intramolecular Hbond substituents is 1. The SMILES string of the molecule is Cc1cc(NC(=O)CN(C)C)cc(C)c1Oc1ccc(O)c(C(C)C)c1. The quantitative estimate of drug-likeness (QED) is 0.804. The number of aromatic hydroxyl groups is 1. The van der Waals surface area contributed by atoms with Gasteiger partial charge in [-0.1, -0.05) is 13.8 Å². The largest absolute Gasteiger partial charge is 0.508 e. The number of carbonyl (C=O) groups excluding carboxylic acids is 1. The molecule has 0 saturated carbocycles. The molecule has 5 nitrogen and oxygen atoms in total. The number of phenols is 1. The maximum Gasteiger partial charge on any atom is 0.238 e. The molecule has 2 aromatic rings. The van der Waals surface area contributed by atoms with Gasteiger partial charge in [-0.2, -0.15) is 0 Å². The monoisotopic (exact) mass is 356 g/mol. The number of likely N-dealkylation sites (N-methyl/N-ethyl adjacent to an activating group) is 1. The minimum atomic E-state index is -0.0532. The first-order chi connectivity index (χ1) is 12.2. The molecule has 0 atom stereocenters. The van der Waals surface area contributed by atoms with Crippen LogP contribution in [0.15, 0.2) is 30.3 Å². The fourth-order valence-electron chi connectivity index (χ4n) is 2.85. The highest BCUT2D eigenvalue weighted by molar-refractivity contribution is 5.92. The summed E-state index contributed by atoms with van der Waals surface area (Å²) in [6.07, 6.45) is 0. The van der Waals surface area contributed by atoms with Crippen LogP contribution in [0.2, 0.25) is 0 Å². The number of nitrogens with zero attached hydrogens (tertiary/aromatic N) is 1. The normalized spacial score (nSPS) is 11.1. The van der Waals surface area contributed by atoms with Gasteiger partial charge in [-0.25, -0.2) is 0 Å². The van der Waals surface area contributed by atoms with Gasteiger partial charge in [0.15, 0.2) is 0 Å². The smallest absolute Gasteiger partial charge is 0.238 e. The van der Waals surface area contributed by atoms with Gasteiger partial charge < -0.3 is 20.1 Å². The van der Waals surface area contributed by atoms with Gasteiger partial charge in [0.1, 0.15) is 17.2 Å². The molecule has 0 unspecified atom stereocenters. The zero-order valence-electron chi connectivity index (χ0n) is 16.4. The van der Waals surface area contributed by atoms with Crippen molar-refractivity contribution >= 4 is 11.6 Å². The van der Waals surface area contributed by atoms with Gasteiger partial charge in [-0.3, -0.25) is 4.79 Å². The Morgan fingerprint density at radius 2 is 1.77 bits per heavy atom. The number of nitrogens with one attached hydrogen (secondary N) is 1. The Morgan fingerprint density at radius 3 is 2.31 bits per heavy atom. The molecule has 0 spiro atoms. The molecule has 0 fully saturated rings. The molecule has 0 bridgehead atoms. The summed E-state index contributed by atoms with van der Waals surface area (Å²) in [6.45, 7) is 8.30. The molecule has 2 rings (SSSR count). The number of hydrogen-bond donors (Lipinski definition) is 2. The van der Waals surface area contributed by atoms with Gasteiger partial charge in [0.25, 0.3) is 0 Å². The molecule has 0 aliphatic heterocycles. The molecule has 0 heterocycles. The highest BCUT2D eigenvalue weighted by atomic mass is 16.5. The second kappa shape index (κ2) is 8.23. The minimum Gasteiger partial charge on any atom is -0.508 e. The van der Waals surface area contributed by atoms with Crippen molar-refractivity contribution in [1.29, 1.82) is 0 Å². The Morgan fingerprint density at radius 1 is 1.15 bits per heavy atom. The highest BCUT2D eigenvalue weighted by Gasteiger charge is 2.12. The van der Waals surface area contributed by atoms with E-state index in [4.69, 9.17) is 4.74 Å². The van der Waals surface area contributed by atoms with Crippen LogP contribution in [0, 0.1) is 13.8 Å². The van der Waals surface area contributed by atoms with E-state index in [-0.39, 0.29) is 17.6 Å². The molecule has 0 aliphatic rings. The Bertz CT molecular complexity index is 775. The molecule has 0 aromatic heterocycles. The molecule has 2 aromatic carbocycles. The Hall–Kier alpha value is -2.53. The Labute approximate surface area is 155 Å². The molecular formula is C21H28N2O3. The van der Waals surface area contributed by atoms with Gasteiger partial charge in [-0.15, -0.1) is 0 Å². The molecule has 0 aliphatic carbocycles. The van der Waals surface area contributed by atoms with E-state index in [1.165, 1.54) is 0 Å². The average molecular weight is 356 g/mol. The van der Waals surface area contributed by atoms with Crippen molar-refractivity contribution in [3.8, 4) is 17.2 Å². The number of benzene rings is 2. The number of hydrogen-bond acceptors (Lipinski definition) is 4. The lowest BCUT2D eigenvalue weighted by Gasteiger charge is -2.16. The first-order valence-electron chi connectivity index (χ1n) is 8.74. The molecule has 26 heavy (non-hydrogen) atoms. The maximum absolute atomic E-state index is 11.9. The fraction of sp³-hybridized carbons (Fsp3) is 0.381.